The smallest absolute Gasteiger partial charge is 0.337 e. The third-order valence-electron chi connectivity index (χ3n) is 7.89. The van der Waals surface area contributed by atoms with Crippen molar-refractivity contribution in [1.29, 1.82) is 0 Å². The van der Waals surface area contributed by atoms with Gasteiger partial charge in [0.1, 0.15) is 21.7 Å². The first-order valence-electron chi connectivity index (χ1n) is 13.8. The molecule has 5 nitrogen and oxygen atoms in total. The molecule has 0 aliphatic heterocycles. The number of benzene rings is 6. The van der Waals surface area contributed by atoms with Gasteiger partial charge in [0.2, 0.25) is 5.30 Å². The van der Waals surface area contributed by atoms with Crippen LogP contribution in [0.15, 0.2) is 146 Å². The molecule has 2 N–H and O–H groups in total. The highest BCUT2D eigenvalue weighted by Gasteiger charge is 2.54. The second-order valence-electron chi connectivity index (χ2n) is 10.3. The predicted octanol–water partition coefficient (Wildman–Crippen LogP) is 6.08. The summed E-state index contributed by atoms with van der Waals surface area (Å²) in [6, 6.07) is 43.8. The molecule has 7 rings (SSSR count). The zero-order valence-corrected chi connectivity index (χ0v) is 23.8. The van der Waals surface area contributed by atoms with E-state index < -0.39 is 13.1 Å². The van der Waals surface area contributed by atoms with Crippen LogP contribution in [0, 0.1) is 10.7 Å². The van der Waals surface area contributed by atoms with Crippen LogP contribution in [0.2, 0.25) is 0 Å². The largest absolute Gasteiger partial charge is 0.503 e. The fourth-order valence-electron chi connectivity index (χ4n) is 6.04. The van der Waals surface area contributed by atoms with Gasteiger partial charge in [0, 0.05) is 16.5 Å². The Morgan fingerprint density at radius 3 is 1.72 bits per heavy atom. The summed E-state index contributed by atoms with van der Waals surface area (Å²) in [5.74, 6) is -0.620. The van der Waals surface area contributed by atoms with Crippen molar-refractivity contribution < 1.29 is 19.1 Å². The standard InChI is InChI=1S/C36H25FN2O3P/c37-26-14-12-13-25(23-26)30-24-33-34(39(42)32-22-11-10-21-31(32)38(33)41)36(35(30)40)43(27-15-4-1-5-16-27,28-17-6-2-7-18-28)29-19-8-3-9-20-29/h1-24,41H/q+1/p+1. The first-order valence-corrected chi connectivity index (χ1v) is 15.6. The van der Waals surface area contributed by atoms with E-state index in [1.807, 2.05) is 91.0 Å². The number of halogens is 1. The number of fused-ring (bicyclic) bond motifs is 2. The number of rotatable bonds is 5. The minimum Gasteiger partial charge on any atom is -0.503 e. The van der Waals surface area contributed by atoms with Crippen LogP contribution in [-0.2, 0) is 0 Å². The molecule has 0 unspecified atom stereocenters. The van der Waals surface area contributed by atoms with Crippen molar-refractivity contribution in [1.82, 2.24) is 4.73 Å². The van der Waals surface area contributed by atoms with Crippen molar-refractivity contribution in [2.24, 2.45) is 0 Å². The Hall–Kier alpha value is -5.32. The Morgan fingerprint density at radius 2 is 1.16 bits per heavy atom. The topological polar surface area (TPSA) is 68.4 Å². The van der Waals surface area contributed by atoms with Crippen molar-refractivity contribution in [2.75, 3.05) is 0 Å². The van der Waals surface area contributed by atoms with Crippen molar-refractivity contribution in [3.05, 3.63) is 156 Å². The molecule has 0 fully saturated rings. The molecule has 7 aromatic rings. The average molecular weight is 585 g/mol. The molecule has 0 aliphatic rings. The second-order valence-corrected chi connectivity index (χ2v) is 13.6. The summed E-state index contributed by atoms with van der Waals surface area (Å²) >= 11 is 0. The maximum Gasteiger partial charge on any atom is 0.337 e. The Labute approximate surface area is 247 Å². The normalized spacial score (nSPS) is 11.7. The molecule has 0 saturated carbocycles. The van der Waals surface area contributed by atoms with Crippen LogP contribution < -0.4 is 25.6 Å². The van der Waals surface area contributed by atoms with Crippen LogP contribution in [0.4, 0.5) is 4.39 Å². The monoisotopic (exact) mass is 584 g/mol. The van der Waals surface area contributed by atoms with Crippen molar-refractivity contribution in [2.45, 2.75) is 0 Å². The van der Waals surface area contributed by atoms with Gasteiger partial charge in [0.15, 0.2) is 24.0 Å². The number of hydrogen-bond donors (Lipinski definition) is 2. The van der Waals surface area contributed by atoms with Gasteiger partial charge in [-0.15, -0.1) is 0 Å². The average Bonchev–Trinajstić information content (AvgIpc) is 3.06. The Kier molecular flexibility index (Phi) is 6.49. The molecule has 208 valence electrons. The highest BCUT2D eigenvalue weighted by molar-refractivity contribution is 8.02. The highest BCUT2D eigenvalue weighted by Crippen LogP contribution is 2.58. The molecular weight excluding hydrogens is 558 g/mol. The van der Waals surface area contributed by atoms with E-state index >= 15 is 0 Å². The van der Waals surface area contributed by atoms with Gasteiger partial charge in [-0.3, -0.25) is 0 Å². The summed E-state index contributed by atoms with van der Waals surface area (Å²) < 4.78 is 16.4. The molecule has 0 radical (unpaired) electrons. The Morgan fingerprint density at radius 1 is 0.628 bits per heavy atom. The number of para-hydroxylation sites is 2. The van der Waals surface area contributed by atoms with E-state index in [0.29, 0.717) is 21.9 Å². The minimum absolute atomic E-state index is 0.128. The van der Waals surface area contributed by atoms with Crippen molar-refractivity contribution in [3.63, 3.8) is 0 Å². The summed E-state index contributed by atoms with van der Waals surface area (Å²) in [4.78, 5) is 14.5. The lowest BCUT2D eigenvalue weighted by Gasteiger charge is -2.28. The van der Waals surface area contributed by atoms with E-state index in [2.05, 4.69) is 0 Å². The first kappa shape index (κ1) is 26.6. The van der Waals surface area contributed by atoms with Gasteiger partial charge < -0.3 is 10.3 Å². The number of nitrogens with zero attached hydrogens (tertiary/aromatic N) is 2. The third-order valence-corrected chi connectivity index (χ3v) is 12.2. The summed E-state index contributed by atoms with van der Waals surface area (Å²) in [7, 11) is -3.06. The maximum absolute atomic E-state index is 14.6. The van der Waals surface area contributed by atoms with Gasteiger partial charge >= 0.3 is 5.52 Å². The zero-order chi connectivity index (χ0) is 29.6. The molecule has 1 heterocycles. The minimum atomic E-state index is -3.06. The molecule has 0 atom stereocenters. The van der Waals surface area contributed by atoms with Crippen LogP contribution in [0.5, 0.6) is 5.75 Å². The van der Waals surface area contributed by atoms with Gasteiger partial charge in [-0.05, 0) is 66.2 Å². The van der Waals surface area contributed by atoms with E-state index in [1.165, 1.54) is 12.1 Å². The van der Waals surface area contributed by atoms with Gasteiger partial charge in [0.05, 0.1) is 4.43 Å². The number of aromatic hydroxyl groups is 1. The molecule has 0 saturated heterocycles. The quantitative estimate of drug-likeness (QED) is 0.112. The molecular formula is C36H26FN2O3P+2. The van der Waals surface area contributed by atoms with Crippen LogP contribution in [0.1, 0.15) is 0 Å². The molecule has 0 aliphatic carbocycles. The summed E-state index contributed by atoms with van der Waals surface area (Å²) in [6.45, 7) is 0. The highest BCUT2D eigenvalue weighted by atomic mass is 31.2. The van der Waals surface area contributed by atoms with E-state index in [0.717, 1.165) is 25.1 Å². The van der Waals surface area contributed by atoms with E-state index in [9.17, 15) is 19.6 Å². The zero-order valence-electron chi connectivity index (χ0n) is 22.9. The van der Waals surface area contributed by atoms with Gasteiger partial charge in [0.25, 0.3) is 5.52 Å². The third kappa shape index (κ3) is 4.10. The van der Waals surface area contributed by atoms with Crippen LogP contribution in [0.25, 0.3) is 33.2 Å². The maximum atomic E-state index is 14.6. The number of aromatic nitrogens is 2. The van der Waals surface area contributed by atoms with Crippen LogP contribution in [-0.4, -0.2) is 15.0 Å². The van der Waals surface area contributed by atoms with E-state index in [1.54, 1.807) is 42.5 Å². The summed E-state index contributed by atoms with van der Waals surface area (Å²) in [5.41, 5.74) is 1.57. The van der Waals surface area contributed by atoms with Crippen LogP contribution in [0.3, 0.4) is 0 Å². The van der Waals surface area contributed by atoms with Crippen LogP contribution >= 0.6 is 7.26 Å². The number of phenolic OH excluding ortho intramolecular Hbond substituents is 1. The van der Waals surface area contributed by atoms with E-state index in [4.69, 9.17) is 0 Å². The molecule has 0 spiro atoms. The van der Waals surface area contributed by atoms with Crippen molar-refractivity contribution in [3.8, 4) is 16.9 Å². The lowest BCUT2D eigenvalue weighted by atomic mass is 10.0. The molecule has 7 heteroatoms. The first-order chi connectivity index (χ1) is 21.0. The summed E-state index contributed by atoms with van der Waals surface area (Å²) in [5, 5.41) is 27.2. The molecule has 0 bridgehead atoms. The second kappa shape index (κ2) is 10.5. The fourth-order valence-corrected chi connectivity index (χ4v) is 10.5. The molecule has 0 amide bonds. The summed E-state index contributed by atoms with van der Waals surface area (Å²) in [6.07, 6.45) is 0. The molecule has 6 aromatic carbocycles. The molecule has 43 heavy (non-hydrogen) atoms. The predicted molar refractivity (Wildman–Crippen MR) is 172 cm³/mol. The lowest BCUT2D eigenvalue weighted by molar-refractivity contribution is -0.432. The van der Waals surface area contributed by atoms with Gasteiger partial charge in [-0.2, -0.15) is 4.73 Å². The molecule has 1 aromatic heterocycles. The fraction of sp³-hybridized carbons (Fsp3) is 0. The number of hydrogen-bond acceptors (Lipinski definition) is 3. The number of phenols is 1. The Bertz CT molecular complexity index is 2090. The van der Waals surface area contributed by atoms with Gasteiger partial charge in [-0.25, -0.2) is 4.39 Å². The van der Waals surface area contributed by atoms with Gasteiger partial charge in [-0.1, -0.05) is 78.9 Å². The SMILES string of the molecule is O=[n+]1c2ccccc2n(O)c2cc(-c3cccc(F)c3)c(O)c([P+](c3ccccc3)(c3ccccc3)c3ccccc3)c21. The lowest BCUT2D eigenvalue weighted by Crippen LogP contribution is -2.41. The van der Waals surface area contributed by atoms with Crippen molar-refractivity contribution >= 4 is 50.5 Å². The Balaban J connectivity index is 1.81. The van der Waals surface area contributed by atoms with E-state index in [-0.39, 0.29) is 22.3 Å².